The summed E-state index contributed by atoms with van der Waals surface area (Å²) in [4.78, 5) is 13.4. The summed E-state index contributed by atoms with van der Waals surface area (Å²) in [5, 5.41) is 8.70. The van der Waals surface area contributed by atoms with E-state index in [2.05, 4.69) is 13.8 Å². The number of halogens is 1. The van der Waals surface area contributed by atoms with Crippen LogP contribution < -0.4 is 0 Å². The Kier molecular flexibility index (Phi) is 3.43. The van der Waals surface area contributed by atoms with Crippen molar-refractivity contribution in [1.82, 2.24) is 4.90 Å². The molecule has 1 N–H and O–H groups in total. The normalized spacial score (nSPS) is 27.8. The van der Waals surface area contributed by atoms with Gasteiger partial charge in [0.15, 0.2) is 0 Å². The Labute approximate surface area is 90.0 Å². The van der Waals surface area contributed by atoms with Crippen molar-refractivity contribution in [2.75, 3.05) is 19.7 Å². The van der Waals surface area contributed by atoms with E-state index in [9.17, 15) is 4.79 Å². The standard InChI is InChI=1S/C10H18ClNO2/c1-7(11)9(14)12-4-8(5-13)10(2,3)6-12/h7-8,13H,4-6H2,1-3H3/t7-,8-/m1/s1. The summed E-state index contributed by atoms with van der Waals surface area (Å²) in [5.41, 5.74) is -0.00378. The lowest BCUT2D eigenvalue weighted by atomic mass is 9.83. The number of carbonyl (C=O) groups is 1. The number of hydrogen-bond donors (Lipinski definition) is 1. The first kappa shape index (κ1) is 11.8. The molecule has 82 valence electrons. The van der Waals surface area contributed by atoms with E-state index in [4.69, 9.17) is 16.7 Å². The molecule has 1 aliphatic heterocycles. The Hall–Kier alpha value is -0.280. The van der Waals surface area contributed by atoms with Gasteiger partial charge in [-0.15, -0.1) is 11.6 Å². The number of amides is 1. The van der Waals surface area contributed by atoms with Crippen LogP contribution in [0.15, 0.2) is 0 Å². The Morgan fingerprint density at radius 2 is 2.29 bits per heavy atom. The zero-order valence-electron chi connectivity index (χ0n) is 8.96. The lowest BCUT2D eigenvalue weighted by Gasteiger charge is -2.23. The molecular weight excluding hydrogens is 202 g/mol. The summed E-state index contributed by atoms with van der Waals surface area (Å²) in [7, 11) is 0. The molecule has 0 aromatic carbocycles. The quantitative estimate of drug-likeness (QED) is 0.707. The van der Waals surface area contributed by atoms with Gasteiger partial charge >= 0.3 is 0 Å². The van der Waals surface area contributed by atoms with Gasteiger partial charge in [-0.3, -0.25) is 4.79 Å². The fourth-order valence-electron chi connectivity index (χ4n) is 1.92. The predicted molar refractivity (Wildman–Crippen MR) is 56.3 cm³/mol. The van der Waals surface area contributed by atoms with Gasteiger partial charge in [-0.25, -0.2) is 0 Å². The molecule has 3 nitrogen and oxygen atoms in total. The monoisotopic (exact) mass is 219 g/mol. The molecular formula is C10H18ClNO2. The Morgan fingerprint density at radius 3 is 2.64 bits per heavy atom. The van der Waals surface area contributed by atoms with Crippen LogP contribution in [0, 0.1) is 11.3 Å². The molecule has 0 unspecified atom stereocenters. The molecule has 0 spiro atoms. The molecule has 2 atom stereocenters. The number of nitrogens with zero attached hydrogens (tertiary/aromatic N) is 1. The maximum atomic E-state index is 11.6. The molecule has 4 heteroatoms. The minimum atomic E-state index is -0.469. The Morgan fingerprint density at radius 1 is 1.71 bits per heavy atom. The van der Waals surface area contributed by atoms with Crippen molar-refractivity contribution >= 4 is 17.5 Å². The smallest absolute Gasteiger partial charge is 0.240 e. The number of alkyl halides is 1. The highest BCUT2D eigenvalue weighted by atomic mass is 35.5. The van der Waals surface area contributed by atoms with E-state index >= 15 is 0 Å². The number of rotatable bonds is 2. The van der Waals surface area contributed by atoms with Gasteiger partial charge in [-0.1, -0.05) is 13.8 Å². The lowest BCUT2D eigenvalue weighted by Crippen LogP contribution is -2.34. The van der Waals surface area contributed by atoms with Crippen LogP contribution in [0.1, 0.15) is 20.8 Å². The van der Waals surface area contributed by atoms with Crippen LogP contribution in [0.4, 0.5) is 0 Å². The SMILES string of the molecule is C[C@@H](Cl)C(=O)N1C[C@H](CO)C(C)(C)C1. The van der Waals surface area contributed by atoms with Gasteiger partial charge < -0.3 is 10.0 Å². The van der Waals surface area contributed by atoms with Crippen molar-refractivity contribution in [1.29, 1.82) is 0 Å². The first-order valence-electron chi connectivity index (χ1n) is 4.92. The predicted octanol–water partition coefficient (Wildman–Crippen LogP) is 1.09. The van der Waals surface area contributed by atoms with E-state index in [-0.39, 0.29) is 23.8 Å². The summed E-state index contributed by atoms with van der Waals surface area (Å²) in [6.45, 7) is 7.27. The van der Waals surface area contributed by atoms with E-state index < -0.39 is 5.38 Å². The highest BCUT2D eigenvalue weighted by molar-refractivity contribution is 6.30. The van der Waals surface area contributed by atoms with Crippen molar-refractivity contribution in [2.45, 2.75) is 26.1 Å². The molecule has 1 aliphatic rings. The van der Waals surface area contributed by atoms with Gasteiger partial charge in [0.05, 0.1) is 0 Å². The third-order valence-electron chi connectivity index (χ3n) is 3.02. The molecule has 1 heterocycles. The first-order valence-corrected chi connectivity index (χ1v) is 5.36. The molecule has 1 amide bonds. The number of aliphatic hydroxyl groups excluding tert-OH is 1. The van der Waals surface area contributed by atoms with Gasteiger partial charge in [0.2, 0.25) is 5.91 Å². The van der Waals surface area contributed by atoms with Crippen molar-refractivity contribution < 1.29 is 9.90 Å². The molecule has 14 heavy (non-hydrogen) atoms. The van der Waals surface area contributed by atoms with Crippen molar-refractivity contribution in [2.24, 2.45) is 11.3 Å². The highest BCUT2D eigenvalue weighted by Gasteiger charge is 2.41. The summed E-state index contributed by atoms with van der Waals surface area (Å²) >= 11 is 5.74. The van der Waals surface area contributed by atoms with Gasteiger partial charge in [0, 0.05) is 25.6 Å². The van der Waals surface area contributed by atoms with Crippen molar-refractivity contribution in [3.63, 3.8) is 0 Å². The maximum Gasteiger partial charge on any atom is 0.240 e. The largest absolute Gasteiger partial charge is 0.396 e. The molecule has 0 aliphatic carbocycles. The van der Waals surface area contributed by atoms with Crippen molar-refractivity contribution in [3.05, 3.63) is 0 Å². The average molecular weight is 220 g/mol. The number of carbonyl (C=O) groups excluding carboxylic acids is 1. The molecule has 1 rings (SSSR count). The zero-order chi connectivity index (χ0) is 10.9. The van der Waals surface area contributed by atoms with E-state index in [0.717, 1.165) is 0 Å². The van der Waals surface area contributed by atoms with Crippen LogP contribution in [0.5, 0.6) is 0 Å². The third-order valence-corrected chi connectivity index (χ3v) is 3.20. The van der Waals surface area contributed by atoms with E-state index in [1.807, 2.05) is 0 Å². The van der Waals surface area contributed by atoms with Crippen LogP contribution in [0.25, 0.3) is 0 Å². The summed E-state index contributed by atoms with van der Waals surface area (Å²) in [6.07, 6.45) is 0. The fourth-order valence-corrected chi connectivity index (χ4v) is 2.06. The Bertz CT molecular complexity index is 228. The van der Waals surface area contributed by atoms with E-state index in [1.165, 1.54) is 0 Å². The van der Waals surface area contributed by atoms with Gasteiger partial charge in [-0.05, 0) is 12.3 Å². The van der Waals surface area contributed by atoms with Gasteiger partial charge in [0.25, 0.3) is 0 Å². The molecule has 0 aromatic rings. The second-order valence-corrected chi connectivity index (χ2v) is 5.36. The molecule has 0 aromatic heterocycles. The summed E-state index contributed by atoms with van der Waals surface area (Å²) < 4.78 is 0. The maximum absolute atomic E-state index is 11.6. The number of likely N-dealkylation sites (tertiary alicyclic amines) is 1. The molecule has 1 saturated heterocycles. The van der Waals surface area contributed by atoms with Crippen LogP contribution in [-0.2, 0) is 4.79 Å². The zero-order valence-corrected chi connectivity index (χ0v) is 9.71. The number of aliphatic hydroxyl groups is 1. The number of hydrogen-bond acceptors (Lipinski definition) is 2. The second kappa shape index (κ2) is 4.07. The van der Waals surface area contributed by atoms with Gasteiger partial charge in [0.1, 0.15) is 5.38 Å². The minimum absolute atomic E-state index is 0.00378. The summed E-state index contributed by atoms with van der Waals surface area (Å²) in [5.74, 6) is 0.137. The van der Waals surface area contributed by atoms with Crippen LogP contribution >= 0.6 is 11.6 Å². The topological polar surface area (TPSA) is 40.5 Å². The van der Waals surface area contributed by atoms with E-state index in [0.29, 0.717) is 13.1 Å². The molecule has 0 radical (unpaired) electrons. The first-order chi connectivity index (χ1) is 6.38. The lowest BCUT2D eigenvalue weighted by molar-refractivity contribution is -0.129. The van der Waals surface area contributed by atoms with E-state index in [1.54, 1.807) is 11.8 Å². The van der Waals surface area contributed by atoms with Crippen LogP contribution in [0.2, 0.25) is 0 Å². The molecule has 1 fully saturated rings. The Balaban J connectivity index is 2.67. The second-order valence-electron chi connectivity index (χ2n) is 4.70. The molecule has 0 bridgehead atoms. The van der Waals surface area contributed by atoms with Crippen LogP contribution in [0.3, 0.4) is 0 Å². The average Bonchev–Trinajstić information content (AvgIpc) is 2.39. The molecule has 0 saturated carbocycles. The fraction of sp³-hybridized carbons (Fsp3) is 0.900. The third kappa shape index (κ3) is 2.20. The minimum Gasteiger partial charge on any atom is -0.396 e. The van der Waals surface area contributed by atoms with Gasteiger partial charge in [-0.2, -0.15) is 0 Å². The summed E-state index contributed by atoms with van der Waals surface area (Å²) in [6, 6.07) is 0. The van der Waals surface area contributed by atoms with Crippen LogP contribution in [-0.4, -0.2) is 41.0 Å². The van der Waals surface area contributed by atoms with Crippen molar-refractivity contribution in [3.8, 4) is 0 Å². The highest BCUT2D eigenvalue weighted by Crippen LogP contribution is 2.35.